The highest BCUT2D eigenvalue weighted by molar-refractivity contribution is 7.85. The maximum absolute atomic E-state index is 10.6. The van der Waals surface area contributed by atoms with Gasteiger partial charge in [-0.15, -0.1) is 6.42 Å². The van der Waals surface area contributed by atoms with Crippen LogP contribution in [0.1, 0.15) is 18.4 Å². The minimum absolute atomic E-state index is 0.210. The Morgan fingerprint density at radius 3 is 2.88 bits per heavy atom. The van der Waals surface area contributed by atoms with Crippen molar-refractivity contribution in [1.82, 2.24) is 9.78 Å². The third-order valence-electron chi connectivity index (χ3n) is 1.88. The molecule has 1 aromatic rings. The van der Waals surface area contributed by atoms with Crippen molar-refractivity contribution in [3.63, 3.8) is 0 Å². The number of hydrogen-bond donors (Lipinski definition) is 0. The molecular formula is C10H14N2O3S. The van der Waals surface area contributed by atoms with E-state index in [1.54, 1.807) is 17.1 Å². The van der Waals surface area contributed by atoms with Gasteiger partial charge in [-0.2, -0.15) is 13.5 Å². The topological polar surface area (TPSA) is 61.2 Å². The monoisotopic (exact) mass is 242 g/mol. The number of terminal acetylenes is 1. The predicted molar refractivity (Wildman–Crippen MR) is 60.2 cm³/mol. The van der Waals surface area contributed by atoms with Gasteiger partial charge in [0, 0.05) is 12.7 Å². The van der Waals surface area contributed by atoms with Crippen LogP contribution in [0.3, 0.4) is 0 Å². The second-order valence-electron chi connectivity index (χ2n) is 3.37. The van der Waals surface area contributed by atoms with Crippen molar-refractivity contribution in [3.05, 3.63) is 18.0 Å². The van der Waals surface area contributed by atoms with Gasteiger partial charge in [0.25, 0.3) is 10.1 Å². The van der Waals surface area contributed by atoms with Crippen molar-refractivity contribution < 1.29 is 12.6 Å². The van der Waals surface area contributed by atoms with Crippen LogP contribution in [0.25, 0.3) is 0 Å². The number of rotatable bonds is 6. The minimum atomic E-state index is -3.32. The van der Waals surface area contributed by atoms with Crippen LogP contribution in [0, 0.1) is 12.3 Å². The predicted octanol–water partition coefficient (Wildman–Crippen LogP) is 0.621. The number of unbranched alkanes of at least 4 members (excludes halogenated alkanes) is 1. The molecule has 0 saturated carbocycles. The van der Waals surface area contributed by atoms with E-state index in [2.05, 4.69) is 15.2 Å². The summed E-state index contributed by atoms with van der Waals surface area (Å²) in [6, 6.07) is 0. The quantitative estimate of drug-likeness (QED) is 0.417. The van der Waals surface area contributed by atoms with E-state index in [4.69, 9.17) is 6.42 Å². The van der Waals surface area contributed by atoms with E-state index in [0.717, 1.165) is 18.2 Å². The number of hydrogen-bond acceptors (Lipinski definition) is 4. The molecule has 6 heteroatoms. The molecule has 0 atom stereocenters. The summed E-state index contributed by atoms with van der Waals surface area (Å²) >= 11 is 0. The molecule has 0 spiro atoms. The summed E-state index contributed by atoms with van der Waals surface area (Å²) in [7, 11) is -3.32. The lowest BCUT2D eigenvalue weighted by atomic mass is 10.3. The van der Waals surface area contributed by atoms with Gasteiger partial charge in [0.05, 0.1) is 24.6 Å². The fourth-order valence-corrected chi connectivity index (χ4v) is 1.57. The molecule has 0 fully saturated rings. The van der Waals surface area contributed by atoms with Crippen LogP contribution < -0.4 is 0 Å². The summed E-state index contributed by atoms with van der Waals surface area (Å²) in [6.07, 6.45) is 11.1. The third-order valence-corrected chi connectivity index (χ3v) is 2.47. The Bertz CT molecular complexity index is 470. The molecule has 0 bridgehead atoms. The van der Waals surface area contributed by atoms with Crippen LogP contribution in [0.15, 0.2) is 12.4 Å². The van der Waals surface area contributed by atoms with Gasteiger partial charge in [0.1, 0.15) is 0 Å². The number of nitrogens with zero attached hydrogens (tertiary/aromatic N) is 2. The molecule has 88 valence electrons. The summed E-state index contributed by atoms with van der Waals surface area (Å²) in [4.78, 5) is 0. The smallest absolute Gasteiger partial charge is 0.264 e. The average Bonchev–Trinajstić information content (AvgIpc) is 2.63. The van der Waals surface area contributed by atoms with Crippen molar-refractivity contribution >= 4 is 10.1 Å². The van der Waals surface area contributed by atoms with Gasteiger partial charge in [-0.05, 0) is 12.8 Å². The molecule has 0 aliphatic carbocycles. The highest BCUT2D eigenvalue weighted by Crippen LogP contribution is 1.99. The van der Waals surface area contributed by atoms with E-state index < -0.39 is 10.1 Å². The normalized spacial score (nSPS) is 11.2. The Labute approximate surface area is 95.5 Å². The summed E-state index contributed by atoms with van der Waals surface area (Å²) in [6.45, 7) is 0.914. The van der Waals surface area contributed by atoms with Crippen LogP contribution in [-0.4, -0.2) is 31.1 Å². The van der Waals surface area contributed by atoms with Crippen molar-refractivity contribution in [3.8, 4) is 12.3 Å². The summed E-state index contributed by atoms with van der Waals surface area (Å²) < 4.78 is 27.6. The van der Waals surface area contributed by atoms with Gasteiger partial charge in [-0.1, -0.05) is 5.92 Å². The molecule has 0 aliphatic heterocycles. The molecule has 0 saturated heterocycles. The van der Waals surface area contributed by atoms with Crippen LogP contribution in [0.2, 0.25) is 0 Å². The van der Waals surface area contributed by atoms with Gasteiger partial charge in [-0.25, -0.2) is 0 Å². The first-order valence-electron chi connectivity index (χ1n) is 4.85. The van der Waals surface area contributed by atoms with E-state index >= 15 is 0 Å². The SMILES string of the molecule is C#Cc1cnn(CCCCOS(C)(=O)=O)c1. The van der Waals surface area contributed by atoms with E-state index in [-0.39, 0.29) is 6.61 Å². The molecule has 0 aliphatic rings. The molecule has 0 radical (unpaired) electrons. The summed E-state index contributed by atoms with van der Waals surface area (Å²) in [5.74, 6) is 2.48. The van der Waals surface area contributed by atoms with Gasteiger partial charge in [0.15, 0.2) is 0 Å². The Balaban J connectivity index is 2.19. The molecule has 5 nitrogen and oxygen atoms in total. The Morgan fingerprint density at radius 2 is 2.31 bits per heavy atom. The largest absolute Gasteiger partial charge is 0.271 e. The molecule has 1 rings (SSSR count). The van der Waals surface area contributed by atoms with Crippen molar-refractivity contribution in [2.45, 2.75) is 19.4 Å². The van der Waals surface area contributed by atoms with Gasteiger partial charge >= 0.3 is 0 Å². The first-order valence-corrected chi connectivity index (χ1v) is 6.66. The summed E-state index contributed by atoms with van der Waals surface area (Å²) in [5, 5.41) is 4.05. The highest BCUT2D eigenvalue weighted by Gasteiger charge is 2.01. The molecule has 0 unspecified atom stereocenters. The first kappa shape index (κ1) is 12.7. The van der Waals surface area contributed by atoms with Crippen LogP contribution in [-0.2, 0) is 20.8 Å². The molecule has 1 aromatic heterocycles. The molecule has 0 amide bonds. The lowest BCUT2D eigenvalue weighted by molar-refractivity contribution is 0.307. The van der Waals surface area contributed by atoms with Gasteiger partial charge in [-0.3, -0.25) is 8.86 Å². The first-order chi connectivity index (χ1) is 7.51. The number of aromatic nitrogens is 2. The van der Waals surface area contributed by atoms with Crippen molar-refractivity contribution in [1.29, 1.82) is 0 Å². The standard InChI is InChI=1S/C10H14N2O3S/c1-3-10-8-11-12(9-10)6-4-5-7-15-16(2,13)14/h1,8-9H,4-7H2,2H3. The van der Waals surface area contributed by atoms with E-state index in [1.807, 2.05) is 0 Å². The number of aryl methyl sites for hydroxylation is 1. The fourth-order valence-electron chi connectivity index (χ4n) is 1.15. The molecular weight excluding hydrogens is 228 g/mol. The zero-order valence-electron chi connectivity index (χ0n) is 9.09. The second-order valence-corrected chi connectivity index (χ2v) is 5.01. The third kappa shape index (κ3) is 4.96. The molecule has 0 N–H and O–H groups in total. The van der Waals surface area contributed by atoms with Gasteiger partial charge in [0.2, 0.25) is 0 Å². The van der Waals surface area contributed by atoms with Crippen molar-refractivity contribution in [2.75, 3.05) is 12.9 Å². The van der Waals surface area contributed by atoms with E-state index in [9.17, 15) is 8.42 Å². The van der Waals surface area contributed by atoms with Crippen LogP contribution >= 0.6 is 0 Å². The van der Waals surface area contributed by atoms with E-state index in [0.29, 0.717) is 13.0 Å². The Hall–Kier alpha value is -1.32. The van der Waals surface area contributed by atoms with Crippen LogP contribution in [0.5, 0.6) is 0 Å². The molecule has 16 heavy (non-hydrogen) atoms. The zero-order chi connectivity index (χ0) is 12.0. The summed E-state index contributed by atoms with van der Waals surface area (Å²) in [5.41, 5.74) is 0.743. The van der Waals surface area contributed by atoms with Crippen LogP contribution in [0.4, 0.5) is 0 Å². The zero-order valence-corrected chi connectivity index (χ0v) is 9.90. The maximum Gasteiger partial charge on any atom is 0.264 e. The van der Waals surface area contributed by atoms with Crippen molar-refractivity contribution in [2.24, 2.45) is 0 Å². The van der Waals surface area contributed by atoms with E-state index in [1.165, 1.54) is 0 Å². The molecule has 0 aromatic carbocycles. The lowest BCUT2D eigenvalue weighted by Crippen LogP contribution is -2.05. The second kappa shape index (κ2) is 5.68. The Morgan fingerprint density at radius 1 is 1.56 bits per heavy atom. The van der Waals surface area contributed by atoms with Gasteiger partial charge < -0.3 is 0 Å². The maximum atomic E-state index is 10.6. The lowest BCUT2D eigenvalue weighted by Gasteiger charge is -2.01. The average molecular weight is 242 g/mol. The molecule has 1 heterocycles. The minimum Gasteiger partial charge on any atom is -0.271 e. The highest BCUT2D eigenvalue weighted by atomic mass is 32.2. The fraction of sp³-hybridized carbons (Fsp3) is 0.500. The Kier molecular flexibility index (Phi) is 4.52.